The van der Waals surface area contributed by atoms with Crippen LogP contribution in [0, 0.1) is 27.4 Å². The molecule has 0 bridgehead atoms. The number of ether oxygens (including phenoxy) is 1. The molecule has 9 heteroatoms. The van der Waals surface area contributed by atoms with E-state index in [0.29, 0.717) is 12.8 Å². The van der Waals surface area contributed by atoms with Crippen LogP contribution in [0.1, 0.15) is 85.3 Å². The first-order valence-electron chi connectivity index (χ1n) is 12.5. The molecule has 0 spiro atoms. The Morgan fingerprint density at radius 1 is 1.09 bits per heavy atom. The van der Waals surface area contributed by atoms with Crippen LogP contribution in [0.2, 0.25) is 0 Å². The lowest BCUT2D eigenvalue weighted by Crippen LogP contribution is -2.51. The van der Waals surface area contributed by atoms with Gasteiger partial charge < -0.3 is 14.2 Å². The number of likely N-dealkylation sites (tertiary alicyclic amines) is 1. The number of nitro groups is 1. The minimum Gasteiger partial charge on any atom is -0.458 e. The molecule has 2 heterocycles. The zero-order valence-corrected chi connectivity index (χ0v) is 21.9. The van der Waals surface area contributed by atoms with Gasteiger partial charge in [-0.2, -0.15) is 0 Å². The van der Waals surface area contributed by atoms with Crippen molar-refractivity contribution in [2.24, 2.45) is 24.3 Å². The van der Waals surface area contributed by atoms with Crippen LogP contribution in [0.4, 0.5) is 0 Å². The van der Waals surface area contributed by atoms with E-state index in [1.54, 1.807) is 46.1 Å². The van der Waals surface area contributed by atoms with E-state index in [1.165, 1.54) is 9.47 Å². The number of aryl methyl sites for hydroxylation is 1. The molecule has 35 heavy (non-hydrogen) atoms. The Morgan fingerprint density at radius 2 is 1.69 bits per heavy atom. The van der Waals surface area contributed by atoms with Gasteiger partial charge in [-0.25, -0.2) is 4.79 Å². The minimum atomic E-state index is -1.34. The third-order valence-corrected chi connectivity index (χ3v) is 7.20. The summed E-state index contributed by atoms with van der Waals surface area (Å²) in [4.78, 5) is 54.6. The Hall–Kier alpha value is -2.71. The number of hydrogen-bond acceptors (Lipinski definition) is 6. The van der Waals surface area contributed by atoms with Crippen LogP contribution < -0.4 is 5.56 Å². The van der Waals surface area contributed by atoms with Gasteiger partial charge >= 0.3 is 5.97 Å². The maximum Gasteiger partial charge on any atom is 0.329 e. The number of rotatable bonds is 4. The average molecular weight is 490 g/mol. The molecule has 1 aliphatic heterocycles. The van der Waals surface area contributed by atoms with Crippen molar-refractivity contribution < 1.29 is 19.2 Å². The number of hydrogen-bond donors (Lipinski definition) is 0. The smallest absolute Gasteiger partial charge is 0.329 e. The van der Waals surface area contributed by atoms with Crippen LogP contribution >= 0.6 is 0 Å². The summed E-state index contributed by atoms with van der Waals surface area (Å²) in [6.07, 6.45) is 5.71. The molecule has 4 unspecified atom stereocenters. The Labute approximate surface area is 207 Å². The van der Waals surface area contributed by atoms with Gasteiger partial charge in [-0.3, -0.25) is 19.7 Å². The van der Waals surface area contributed by atoms with Gasteiger partial charge in [0.05, 0.1) is 5.92 Å². The summed E-state index contributed by atoms with van der Waals surface area (Å²) in [5.41, 5.74) is -1.83. The Balaban J connectivity index is 2.28. The highest BCUT2D eigenvalue weighted by atomic mass is 16.6. The topological polar surface area (TPSA) is 112 Å². The van der Waals surface area contributed by atoms with Crippen LogP contribution in [-0.2, 0) is 21.4 Å². The van der Waals surface area contributed by atoms with Gasteiger partial charge in [-0.15, -0.1) is 0 Å². The fourth-order valence-electron chi connectivity index (χ4n) is 5.76. The largest absolute Gasteiger partial charge is 0.458 e. The molecular weight excluding hydrogens is 450 g/mol. The fraction of sp³-hybridized carbons (Fsp3) is 0.731. The third kappa shape index (κ3) is 5.43. The van der Waals surface area contributed by atoms with Crippen molar-refractivity contribution in [2.45, 2.75) is 97.4 Å². The van der Waals surface area contributed by atoms with E-state index in [9.17, 15) is 24.5 Å². The van der Waals surface area contributed by atoms with Crippen LogP contribution in [0.15, 0.2) is 23.1 Å². The second-order valence-corrected chi connectivity index (χ2v) is 12.1. The van der Waals surface area contributed by atoms with Crippen molar-refractivity contribution in [3.05, 3.63) is 44.4 Å². The van der Waals surface area contributed by atoms with Crippen molar-refractivity contribution in [1.29, 1.82) is 0 Å². The number of pyridine rings is 1. The van der Waals surface area contributed by atoms with Crippen molar-refractivity contribution >= 4 is 11.9 Å². The van der Waals surface area contributed by atoms with Gasteiger partial charge in [-0.05, 0) is 51.2 Å². The first-order chi connectivity index (χ1) is 16.1. The molecule has 1 saturated heterocycles. The summed E-state index contributed by atoms with van der Waals surface area (Å²) in [6, 6.07) is -0.489. The standard InChI is InChI=1S/C26H39N3O6/c1-25(2,3)18-20(29(33)34)19(17-14-11-15-27(7)23(17)31)28(21(18)24(32)35-26(4,5)6)22(30)16-12-9-8-10-13-16/h11,14-16,18-21H,8-10,12-13H2,1-7H3. The normalized spacial score (nSPS) is 26.0. The summed E-state index contributed by atoms with van der Waals surface area (Å²) < 4.78 is 7.09. The van der Waals surface area contributed by atoms with Crippen LogP contribution in [0.5, 0.6) is 0 Å². The maximum atomic E-state index is 14.1. The minimum absolute atomic E-state index is 0.154. The monoisotopic (exact) mass is 489 g/mol. The van der Waals surface area contributed by atoms with Gasteiger partial charge in [0.25, 0.3) is 5.56 Å². The van der Waals surface area contributed by atoms with E-state index in [-0.39, 0.29) is 17.4 Å². The van der Waals surface area contributed by atoms with E-state index >= 15 is 0 Å². The lowest BCUT2D eigenvalue weighted by Gasteiger charge is -2.36. The van der Waals surface area contributed by atoms with Crippen LogP contribution in [0.25, 0.3) is 0 Å². The third-order valence-electron chi connectivity index (χ3n) is 7.20. The van der Waals surface area contributed by atoms with Gasteiger partial charge in [-0.1, -0.05) is 40.0 Å². The highest BCUT2D eigenvalue weighted by molar-refractivity contribution is 5.88. The summed E-state index contributed by atoms with van der Waals surface area (Å²) in [7, 11) is 1.57. The van der Waals surface area contributed by atoms with E-state index in [0.717, 1.165) is 19.3 Å². The van der Waals surface area contributed by atoms with E-state index in [2.05, 4.69) is 0 Å². The summed E-state index contributed by atoms with van der Waals surface area (Å²) in [6.45, 7) is 10.7. The number of esters is 1. The molecule has 2 aliphatic rings. The molecule has 1 aromatic heterocycles. The molecule has 1 aliphatic carbocycles. The van der Waals surface area contributed by atoms with Crippen LogP contribution in [-0.4, -0.2) is 44.0 Å². The van der Waals surface area contributed by atoms with E-state index in [4.69, 9.17) is 4.74 Å². The zero-order chi connectivity index (χ0) is 26.3. The number of aromatic nitrogens is 1. The van der Waals surface area contributed by atoms with E-state index < -0.39 is 51.5 Å². The second-order valence-electron chi connectivity index (χ2n) is 12.1. The highest BCUT2D eigenvalue weighted by Gasteiger charge is 2.65. The van der Waals surface area contributed by atoms with Gasteiger partial charge in [0.1, 0.15) is 17.7 Å². The number of nitrogens with zero attached hydrogens (tertiary/aromatic N) is 3. The molecule has 194 valence electrons. The lowest BCUT2D eigenvalue weighted by atomic mass is 9.73. The number of amides is 1. The predicted molar refractivity (Wildman–Crippen MR) is 131 cm³/mol. The van der Waals surface area contributed by atoms with Gasteiger partial charge in [0, 0.05) is 29.6 Å². The van der Waals surface area contributed by atoms with Crippen molar-refractivity contribution in [2.75, 3.05) is 0 Å². The lowest BCUT2D eigenvalue weighted by molar-refractivity contribution is -0.536. The summed E-state index contributed by atoms with van der Waals surface area (Å²) in [5, 5.41) is 12.6. The second kappa shape index (κ2) is 9.74. The van der Waals surface area contributed by atoms with Crippen LogP contribution in [0.3, 0.4) is 0 Å². The molecule has 1 saturated carbocycles. The molecule has 1 aromatic rings. The first kappa shape index (κ1) is 26.9. The fourth-order valence-corrected chi connectivity index (χ4v) is 5.76. The Kier molecular flexibility index (Phi) is 7.48. The van der Waals surface area contributed by atoms with Gasteiger partial charge in [0.15, 0.2) is 0 Å². The van der Waals surface area contributed by atoms with Crippen molar-refractivity contribution in [3.8, 4) is 0 Å². The number of carbonyl (C=O) groups is 2. The zero-order valence-electron chi connectivity index (χ0n) is 21.9. The summed E-state index contributed by atoms with van der Waals surface area (Å²) in [5.74, 6) is -2.15. The highest BCUT2D eigenvalue weighted by Crippen LogP contribution is 2.50. The average Bonchev–Trinajstić information content (AvgIpc) is 3.11. The molecule has 4 atom stereocenters. The predicted octanol–water partition coefficient (Wildman–Crippen LogP) is 3.87. The number of carbonyl (C=O) groups excluding carboxylic acids is 2. The van der Waals surface area contributed by atoms with E-state index in [1.807, 2.05) is 20.8 Å². The van der Waals surface area contributed by atoms with Crippen molar-refractivity contribution in [1.82, 2.24) is 9.47 Å². The van der Waals surface area contributed by atoms with Crippen molar-refractivity contribution in [3.63, 3.8) is 0 Å². The molecule has 1 amide bonds. The first-order valence-corrected chi connectivity index (χ1v) is 12.5. The summed E-state index contributed by atoms with van der Waals surface area (Å²) >= 11 is 0. The molecule has 0 N–H and O–H groups in total. The quantitative estimate of drug-likeness (QED) is 0.361. The molecule has 0 aromatic carbocycles. The molecule has 0 radical (unpaired) electrons. The Bertz CT molecular complexity index is 1030. The Morgan fingerprint density at radius 3 is 2.20 bits per heavy atom. The molecular formula is C26H39N3O6. The molecule has 9 nitrogen and oxygen atoms in total. The molecule has 3 rings (SSSR count). The SMILES string of the molecule is Cn1cccc(C2C([N+](=O)[O-])C(C(C)(C)C)C(C(=O)OC(C)(C)C)N2C(=O)C2CCCCC2)c1=O. The van der Waals surface area contributed by atoms with Gasteiger partial charge in [0.2, 0.25) is 11.9 Å². The molecule has 2 fully saturated rings. The maximum absolute atomic E-state index is 14.1.